The van der Waals surface area contributed by atoms with Crippen molar-refractivity contribution in [1.82, 2.24) is 0 Å². The van der Waals surface area contributed by atoms with Crippen LogP contribution < -0.4 is 0 Å². The van der Waals surface area contributed by atoms with Crippen molar-refractivity contribution < 1.29 is 29.0 Å². The molecular formula is C20H26O6. The first-order valence-electron chi connectivity index (χ1n) is 9.01. The minimum Gasteiger partial charge on any atom is -0.481 e. The molecule has 3 rings (SSSR count). The molecule has 0 saturated heterocycles. The number of furan rings is 1. The lowest BCUT2D eigenvalue weighted by Crippen LogP contribution is -2.62. The number of aryl methyl sites for hydroxylation is 1. The Balaban J connectivity index is 2.18. The lowest BCUT2D eigenvalue weighted by Gasteiger charge is -2.56. The fraction of sp³-hybridized carbons (Fsp3) is 0.600. The maximum atomic E-state index is 12.5. The Hall–Kier alpha value is -2.08. The smallest absolute Gasteiger partial charge is 0.334 e. The van der Waals surface area contributed by atoms with Gasteiger partial charge in [-0.25, -0.2) is 4.79 Å². The van der Waals surface area contributed by atoms with Gasteiger partial charge >= 0.3 is 11.9 Å². The van der Waals surface area contributed by atoms with Gasteiger partial charge in [0.1, 0.15) is 11.9 Å². The maximum absolute atomic E-state index is 12.5. The van der Waals surface area contributed by atoms with Crippen LogP contribution in [-0.2, 0) is 20.7 Å². The highest BCUT2D eigenvalue weighted by atomic mass is 16.5. The van der Waals surface area contributed by atoms with E-state index >= 15 is 0 Å². The summed E-state index contributed by atoms with van der Waals surface area (Å²) in [6, 6.07) is 0. The van der Waals surface area contributed by atoms with Gasteiger partial charge in [0.15, 0.2) is 0 Å². The zero-order chi connectivity index (χ0) is 19.3. The van der Waals surface area contributed by atoms with Crippen LogP contribution in [0.1, 0.15) is 63.0 Å². The molecule has 0 unspecified atom stereocenters. The number of hydrogen-bond donors (Lipinski definition) is 2. The molecular weight excluding hydrogens is 336 g/mol. The molecule has 2 aliphatic rings. The van der Waals surface area contributed by atoms with Crippen LogP contribution in [0.3, 0.4) is 0 Å². The molecule has 0 radical (unpaired) electrons. The molecule has 26 heavy (non-hydrogen) atoms. The summed E-state index contributed by atoms with van der Waals surface area (Å²) < 4.78 is 11.5. The zero-order valence-electron chi connectivity index (χ0n) is 15.7. The summed E-state index contributed by atoms with van der Waals surface area (Å²) in [5.41, 5.74) is -0.507. The van der Waals surface area contributed by atoms with Crippen molar-refractivity contribution in [3.63, 3.8) is 0 Å². The molecule has 4 atom stereocenters. The molecule has 0 aliphatic heterocycles. The molecule has 1 aromatic rings. The largest absolute Gasteiger partial charge is 0.481 e. The number of ether oxygens (including phenoxy) is 1. The minimum absolute atomic E-state index is 0.229. The van der Waals surface area contributed by atoms with Crippen molar-refractivity contribution in [2.75, 3.05) is 0 Å². The van der Waals surface area contributed by atoms with Crippen molar-refractivity contribution in [1.29, 1.82) is 0 Å². The Labute approximate surface area is 152 Å². The second-order valence-electron chi connectivity index (χ2n) is 7.79. The third-order valence-corrected chi connectivity index (χ3v) is 6.45. The lowest BCUT2D eigenvalue weighted by atomic mass is 9.51. The quantitative estimate of drug-likeness (QED) is 0.632. The fourth-order valence-corrected chi connectivity index (χ4v) is 4.64. The topological polar surface area (TPSA) is 97.0 Å². The summed E-state index contributed by atoms with van der Waals surface area (Å²) in [5.74, 6) is -1.72. The second kappa shape index (κ2) is 6.27. The Kier molecular flexibility index (Phi) is 4.51. The number of aliphatic hydroxyl groups is 1. The van der Waals surface area contributed by atoms with Crippen LogP contribution in [-0.4, -0.2) is 27.8 Å². The molecule has 2 aliphatic carbocycles. The van der Waals surface area contributed by atoms with Crippen molar-refractivity contribution in [2.45, 2.75) is 65.1 Å². The zero-order valence-corrected chi connectivity index (χ0v) is 15.7. The van der Waals surface area contributed by atoms with Crippen LogP contribution in [0.25, 0.3) is 0 Å². The van der Waals surface area contributed by atoms with E-state index in [0.717, 1.165) is 5.56 Å². The first kappa shape index (κ1) is 18.7. The summed E-state index contributed by atoms with van der Waals surface area (Å²) in [7, 11) is 0. The number of allylic oxidation sites excluding steroid dienone is 1. The molecule has 0 amide bonds. The summed E-state index contributed by atoms with van der Waals surface area (Å²) in [4.78, 5) is 24.6. The molecule has 1 saturated carbocycles. The molecule has 2 N–H and O–H groups in total. The predicted molar refractivity (Wildman–Crippen MR) is 93.4 cm³/mol. The average Bonchev–Trinajstić information content (AvgIpc) is 2.94. The van der Waals surface area contributed by atoms with Gasteiger partial charge in [-0.2, -0.15) is 0 Å². The highest BCUT2D eigenvalue weighted by molar-refractivity contribution is 5.88. The van der Waals surface area contributed by atoms with Crippen LogP contribution >= 0.6 is 0 Å². The molecule has 6 heteroatoms. The number of fused-ring (bicyclic) bond motifs is 2. The number of rotatable bonds is 3. The Bertz CT molecular complexity index is 775. The Morgan fingerprint density at radius 2 is 2.12 bits per heavy atom. The third-order valence-electron chi connectivity index (χ3n) is 6.45. The first-order valence-corrected chi connectivity index (χ1v) is 9.01. The summed E-state index contributed by atoms with van der Waals surface area (Å²) in [6.45, 7) is 6.98. The number of carboxylic acids is 1. The van der Waals surface area contributed by atoms with E-state index in [1.165, 1.54) is 0 Å². The van der Waals surface area contributed by atoms with Crippen molar-refractivity contribution in [3.8, 4) is 0 Å². The third kappa shape index (κ3) is 2.50. The maximum Gasteiger partial charge on any atom is 0.334 e. The Morgan fingerprint density at radius 3 is 2.73 bits per heavy atom. The van der Waals surface area contributed by atoms with Crippen molar-refractivity contribution in [3.05, 3.63) is 34.8 Å². The van der Waals surface area contributed by atoms with Crippen LogP contribution in [0.15, 0.2) is 22.3 Å². The summed E-state index contributed by atoms with van der Waals surface area (Å²) in [5, 5.41) is 21.3. The number of carbonyl (C=O) groups excluding carboxylic acids is 1. The van der Waals surface area contributed by atoms with E-state index in [4.69, 9.17) is 9.15 Å². The van der Waals surface area contributed by atoms with Crippen molar-refractivity contribution >= 4 is 11.9 Å². The molecule has 0 bridgehead atoms. The summed E-state index contributed by atoms with van der Waals surface area (Å²) in [6.07, 6.45) is 4.07. The van der Waals surface area contributed by atoms with E-state index in [-0.39, 0.29) is 6.42 Å². The fourth-order valence-electron chi connectivity index (χ4n) is 4.64. The van der Waals surface area contributed by atoms with E-state index in [1.807, 2.05) is 6.92 Å². The van der Waals surface area contributed by atoms with Gasteiger partial charge in [-0.15, -0.1) is 0 Å². The molecule has 6 nitrogen and oxygen atoms in total. The van der Waals surface area contributed by atoms with Crippen LogP contribution in [0.2, 0.25) is 0 Å². The predicted octanol–water partition coefficient (Wildman–Crippen LogP) is 3.32. The molecule has 0 aromatic carbocycles. The van der Waals surface area contributed by atoms with Gasteiger partial charge in [0, 0.05) is 17.6 Å². The average molecular weight is 362 g/mol. The van der Waals surface area contributed by atoms with Gasteiger partial charge < -0.3 is 19.4 Å². The van der Waals surface area contributed by atoms with Gasteiger partial charge in [0.25, 0.3) is 0 Å². The number of esters is 1. The monoisotopic (exact) mass is 362 g/mol. The van der Waals surface area contributed by atoms with Gasteiger partial charge in [0.05, 0.1) is 23.2 Å². The van der Waals surface area contributed by atoms with E-state index in [0.29, 0.717) is 36.2 Å². The number of carboxylic acid groups (broad SMARTS) is 1. The second-order valence-corrected chi connectivity index (χ2v) is 7.79. The molecule has 1 fully saturated rings. The minimum atomic E-state index is -1.31. The van der Waals surface area contributed by atoms with E-state index in [2.05, 4.69) is 0 Å². The van der Waals surface area contributed by atoms with Crippen LogP contribution in [0, 0.1) is 18.3 Å². The summed E-state index contributed by atoms with van der Waals surface area (Å²) >= 11 is 0. The number of hydrogen-bond acceptors (Lipinski definition) is 5. The van der Waals surface area contributed by atoms with Gasteiger partial charge in [-0.3, -0.25) is 4.79 Å². The van der Waals surface area contributed by atoms with Crippen LogP contribution in [0.4, 0.5) is 0 Å². The molecule has 142 valence electrons. The lowest BCUT2D eigenvalue weighted by molar-refractivity contribution is -0.219. The van der Waals surface area contributed by atoms with Gasteiger partial charge in [-0.05, 0) is 45.6 Å². The Morgan fingerprint density at radius 1 is 1.42 bits per heavy atom. The standard InChI is InChI=1S/C20H26O6/c1-5-11(2)18(23)26-16-15-12(3)10-25-14(15)9-20(24)8-6-7-13(17(21)22)19(16,20)4/h5,10,13,16,24H,6-9H2,1-4H3,(H,21,22)/t13-,16-,19+,20+/m1/s1. The normalized spacial score (nSPS) is 34.0. The van der Waals surface area contributed by atoms with E-state index in [1.54, 1.807) is 33.1 Å². The van der Waals surface area contributed by atoms with E-state index in [9.17, 15) is 19.8 Å². The highest BCUT2D eigenvalue weighted by Gasteiger charge is 2.65. The van der Waals surface area contributed by atoms with Crippen molar-refractivity contribution in [2.24, 2.45) is 11.3 Å². The molecule has 0 spiro atoms. The van der Waals surface area contributed by atoms with E-state index < -0.39 is 35.0 Å². The number of carbonyl (C=O) groups is 2. The SMILES string of the molecule is CC=C(C)C(=O)O[C@@H]1c2c(C)coc2C[C@@]2(O)CCC[C@H](C(=O)O)[C@@]12C. The molecule has 1 heterocycles. The number of aliphatic carboxylic acids is 1. The van der Waals surface area contributed by atoms with Gasteiger partial charge in [-0.1, -0.05) is 13.0 Å². The van der Waals surface area contributed by atoms with Gasteiger partial charge in [0.2, 0.25) is 0 Å². The highest BCUT2D eigenvalue weighted by Crippen LogP contribution is 2.61. The molecule has 1 aromatic heterocycles. The van der Waals surface area contributed by atoms with Crippen LogP contribution in [0.5, 0.6) is 0 Å². The first-order chi connectivity index (χ1) is 12.2.